The van der Waals surface area contributed by atoms with E-state index >= 15 is 0 Å². The molecule has 103 valence electrons. The number of nitrogens with zero attached hydrogens (tertiary/aromatic N) is 1. The van der Waals surface area contributed by atoms with Crippen molar-refractivity contribution in [1.82, 2.24) is 0 Å². The lowest BCUT2D eigenvalue weighted by molar-refractivity contribution is -0.123. The number of alkyl halides is 1. The van der Waals surface area contributed by atoms with E-state index in [1.807, 2.05) is 0 Å². The summed E-state index contributed by atoms with van der Waals surface area (Å²) in [5.41, 5.74) is 1.30. The third-order valence-corrected chi connectivity index (χ3v) is 3.70. The first-order valence-corrected chi connectivity index (χ1v) is 6.81. The van der Waals surface area contributed by atoms with Crippen molar-refractivity contribution in [1.29, 1.82) is 0 Å². The summed E-state index contributed by atoms with van der Waals surface area (Å²) in [6.45, 7) is -1.25. The van der Waals surface area contributed by atoms with Crippen LogP contribution in [0.4, 0.5) is 10.1 Å². The standard InChI is InChI=1S/C15H19FNO2/c16-10-12-6-8-14(9-7-12)17(15(19)11-18)13-4-2-1-3-5-13/h6-9,13H,1-5,10-11H2. The van der Waals surface area contributed by atoms with Crippen LogP contribution in [0.15, 0.2) is 24.3 Å². The van der Waals surface area contributed by atoms with Gasteiger partial charge in [0.2, 0.25) is 0 Å². The number of halogens is 1. The molecule has 1 aliphatic rings. The van der Waals surface area contributed by atoms with Gasteiger partial charge in [0, 0.05) is 11.7 Å². The first kappa shape index (κ1) is 14.0. The van der Waals surface area contributed by atoms with Gasteiger partial charge in [-0.3, -0.25) is 4.79 Å². The maximum absolute atomic E-state index is 12.5. The minimum Gasteiger partial charge on any atom is -0.307 e. The fourth-order valence-corrected chi connectivity index (χ4v) is 2.71. The van der Waals surface area contributed by atoms with Gasteiger partial charge in [-0.2, -0.15) is 0 Å². The van der Waals surface area contributed by atoms with Gasteiger partial charge in [-0.15, -0.1) is 0 Å². The highest BCUT2D eigenvalue weighted by Crippen LogP contribution is 2.27. The molecule has 0 saturated heterocycles. The largest absolute Gasteiger partial charge is 0.307 e. The maximum atomic E-state index is 12.5. The number of amides is 1. The summed E-state index contributed by atoms with van der Waals surface area (Å²) in [7, 11) is 0. The van der Waals surface area contributed by atoms with E-state index in [0.717, 1.165) is 25.7 Å². The summed E-state index contributed by atoms with van der Waals surface area (Å²) < 4.78 is 12.5. The normalized spacial score (nSPS) is 16.3. The molecule has 19 heavy (non-hydrogen) atoms. The fourth-order valence-electron chi connectivity index (χ4n) is 2.71. The van der Waals surface area contributed by atoms with Crippen LogP contribution in [0.2, 0.25) is 0 Å². The minimum absolute atomic E-state index is 0.117. The topological polar surface area (TPSA) is 40.2 Å². The molecule has 1 fully saturated rings. The van der Waals surface area contributed by atoms with Crippen LogP contribution >= 0.6 is 0 Å². The molecule has 0 unspecified atom stereocenters. The Morgan fingerprint density at radius 3 is 2.32 bits per heavy atom. The third kappa shape index (κ3) is 3.32. The molecule has 0 aliphatic heterocycles. The highest BCUT2D eigenvalue weighted by Gasteiger charge is 2.26. The number of rotatable bonds is 4. The maximum Gasteiger partial charge on any atom is 0.256 e. The molecular formula is C15H19FNO2. The third-order valence-electron chi connectivity index (χ3n) is 3.70. The van der Waals surface area contributed by atoms with Gasteiger partial charge < -0.3 is 4.90 Å². The molecule has 1 saturated carbocycles. The Bertz CT molecular complexity index is 413. The molecule has 1 aliphatic carbocycles. The molecule has 0 N–H and O–H groups in total. The van der Waals surface area contributed by atoms with E-state index in [0.29, 0.717) is 11.3 Å². The van der Waals surface area contributed by atoms with Crippen molar-refractivity contribution in [2.75, 3.05) is 11.5 Å². The molecule has 0 bridgehead atoms. The average Bonchev–Trinajstić information content (AvgIpc) is 2.49. The van der Waals surface area contributed by atoms with Crippen LogP contribution in [0.25, 0.3) is 0 Å². The Hall–Kier alpha value is -1.42. The molecule has 1 aromatic carbocycles. The van der Waals surface area contributed by atoms with Gasteiger partial charge in [0.05, 0.1) is 0 Å². The van der Waals surface area contributed by atoms with Crippen LogP contribution in [-0.4, -0.2) is 18.6 Å². The molecule has 2 rings (SSSR count). The molecule has 0 heterocycles. The lowest BCUT2D eigenvalue weighted by atomic mass is 9.93. The summed E-state index contributed by atoms with van der Waals surface area (Å²) in [6.07, 6.45) is 5.26. The van der Waals surface area contributed by atoms with E-state index in [1.54, 1.807) is 29.2 Å². The second-order valence-corrected chi connectivity index (χ2v) is 5.00. The van der Waals surface area contributed by atoms with Gasteiger partial charge in [-0.1, -0.05) is 31.4 Å². The number of anilines is 1. The Morgan fingerprint density at radius 2 is 1.79 bits per heavy atom. The van der Waals surface area contributed by atoms with Gasteiger partial charge in [0.25, 0.3) is 5.91 Å². The van der Waals surface area contributed by atoms with Gasteiger partial charge in [-0.05, 0) is 30.5 Å². The van der Waals surface area contributed by atoms with E-state index < -0.39 is 13.3 Å². The Balaban J connectivity index is 2.22. The van der Waals surface area contributed by atoms with Gasteiger partial charge in [0.15, 0.2) is 6.61 Å². The number of hydrogen-bond donors (Lipinski definition) is 0. The van der Waals surface area contributed by atoms with Gasteiger partial charge in [-0.25, -0.2) is 9.50 Å². The van der Waals surface area contributed by atoms with Crippen molar-refractivity contribution in [2.24, 2.45) is 0 Å². The monoisotopic (exact) mass is 264 g/mol. The van der Waals surface area contributed by atoms with Crippen molar-refractivity contribution in [3.8, 4) is 0 Å². The summed E-state index contributed by atoms with van der Waals surface area (Å²) in [4.78, 5) is 13.5. The highest BCUT2D eigenvalue weighted by molar-refractivity contribution is 5.94. The van der Waals surface area contributed by atoms with Crippen LogP contribution in [-0.2, 0) is 16.6 Å². The van der Waals surface area contributed by atoms with Crippen molar-refractivity contribution < 1.29 is 14.3 Å². The minimum atomic E-state index is -0.735. The molecule has 0 aromatic heterocycles. The number of hydrogen-bond acceptors (Lipinski definition) is 1. The van der Waals surface area contributed by atoms with E-state index in [4.69, 9.17) is 0 Å². The van der Waals surface area contributed by atoms with E-state index in [-0.39, 0.29) is 11.9 Å². The molecule has 1 amide bonds. The summed E-state index contributed by atoms with van der Waals surface area (Å²) in [6, 6.07) is 6.92. The number of carbonyl (C=O) groups is 1. The number of benzene rings is 1. The van der Waals surface area contributed by atoms with Crippen LogP contribution < -0.4 is 4.90 Å². The zero-order chi connectivity index (χ0) is 13.7. The second-order valence-electron chi connectivity index (χ2n) is 5.00. The summed E-state index contributed by atoms with van der Waals surface area (Å²) >= 11 is 0. The molecule has 1 radical (unpaired) electrons. The Morgan fingerprint density at radius 1 is 1.16 bits per heavy atom. The smallest absolute Gasteiger partial charge is 0.256 e. The van der Waals surface area contributed by atoms with E-state index in [2.05, 4.69) is 0 Å². The molecular weight excluding hydrogens is 245 g/mol. The zero-order valence-corrected chi connectivity index (χ0v) is 11.0. The molecule has 3 nitrogen and oxygen atoms in total. The predicted molar refractivity (Wildman–Crippen MR) is 71.2 cm³/mol. The first-order chi connectivity index (χ1) is 9.26. The fraction of sp³-hybridized carbons (Fsp3) is 0.533. The first-order valence-electron chi connectivity index (χ1n) is 6.81. The van der Waals surface area contributed by atoms with E-state index in [1.165, 1.54) is 6.42 Å². The zero-order valence-electron chi connectivity index (χ0n) is 11.0. The van der Waals surface area contributed by atoms with Crippen molar-refractivity contribution in [3.05, 3.63) is 29.8 Å². The van der Waals surface area contributed by atoms with Crippen molar-refractivity contribution in [3.63, 3.8) is 0 Å². The molecule has 4 heteroatoms. The Kier molecular flexibility index (Phi) is 4.91. The van der Waals surface area contributed by atoms with Crippen LogP contribution in [0.5, 0.6) is 0 Å². The van der Waals surface area contributed by atoms with Gasteiger partial charge >= 0.3 is 0 Å². The lowest BCUT2D eigenvalue weighted by Crippen LogP contribution is -2.43. The highest BCUT2D eigenvalue weighted by atomic mass is 19.1. The molecule has 1 aromatic rings. The SMILES string of the molecule is [O]CC(=O)N(c1ccc(CF)cc1)C1CCCCC1. The summed E-state index contributed by atoms with van der Waals surface area (Å²) in [5, 5.41) is 11.0. The van der Waals surface area contributed by atoms with Crippen molar-refractivity contribution in [2.45, 2.75) is 44.8 Å². The van der Waals surface area contributed by atoms with E-state index in [9.17, 15) is 14.3 Å². The lowest BCUT2D eigenvalue weighted by Gasteiger charge is -2.34. The molecule has 0 atom stereocenters. The van der Waals surface area contributed by atoms with Gasteiger partial charge in [0.1, 0.15) is 6.67 Å². The van der Waals surface area contributed by atoms with Crippen molar-refractivity contribution >= 4 is 11.6 Å². The van der Waals surface area contributed by atoms with Crippen LogP contribution in [0, 0.1) is 0 Å². The second kappa shape index (κ2) is 6.66. The van der Waals surface area contributed by atoms with Crippen LogP contribution in [0.3, 0.4) is 0 Å². The molecule has 0 spiro atoms. The predicted octanol–water partition coefficient (Wildman–Crippen LogP) is 3.25. The van der Waals surface area contributed by atoms with Crippen LogP contribution in [0.1, 0.15) is 37.7 Å². The average molecular weight is 264 g/mol. The summed E-state index contributed by atoms with van der Waals surface area (Å²) in [5.74, 6) is -0.389. The Labute approximate surface area is 113 Å². The quantitative estimate of drug-likeness (QED) is 0.822. The number of carbonyl (C=O) groups excluding carboxylic acids is 1.